The second kappa shape index (κ2) is 4.92. The summed E-state index contributed by atoms with van der Waals surface area (Å²) >= 11 is 3.46. The maximum absolute atomic E-state index is 4.31. The minimum atomic E-state index is 0.870. The van der Waals surface area contributed by atoms with E-state index in [1.165, 1.54) is 11.3 Å². The molecule has 1 aromatic carbocycles. The van der Waals surface area contributed by atoms with Crippen molar-refractivity contribution in [2.24, 2.45) is 0 Å². The average Bonchev–Trinajstić information content (AvgIpc) is 2.58. The monoisotopic (exact) mass is 293 g/mol. The van der Waals surface area contributed by atoms with Crippen molar-refractivity contribution in [3.63, 3.8) is 0 Å². The Morgan fingerprint density at radius 1 is 1.24 bits per heavy atom. The standard InChI is InChI=1S/C13H16BrN3/c1-9-15-12(13(14)16-9)8-10-4-6-11(7-5-10)17(2)3/h4-7H,8H2,1-3H3,(H,15,16). The molecule has 0 aliphatic rings. The molecule has 0 aliphatic heterocycles. The molecule has 90 valence electrons. The van der Waals surface area contributed by atoms with Gasteiger partial charge in [0.2, 0.25) is 0 Å². The van der Waals surface area contributed by atoms with Crippen LogP contribution in [0.1, 0.15) is 17.1 Å². The Bertz CT molecular complexity index is 500. The number of aryl methyl sites for hydroxylation is 1. The van der Waals surface area contributed by atoms with E-state index in [0.717, 1.165) is 22.5 Å². The first kappa shape index (κ1) is 12.2. The lowest BCUT2D eigenvalue weighted by atomic mass is 10.1. The van der Waals surface area contributed by atoms with Crippen LogP contribution in [-0.2, 0) is 6.42 Å². The van der Waals surface area contributed by atoms with Crippen LogP contribution in [0.3, 0.4) is 0 Å². The van der Waals surface area contributed by atoms with E-state index in [-0.39, 0.29) is 0 Å². The Kier molecular flexibility index (Phi) is 3.52. The van der Waals surface area contributed by atoms with Crippen LogP contribution in [-0.4, -0.2) is 24.1 Å². The van der Waals surface area contributed by atoms with E-state index in [4.69, 9.17) is 0 Å². The van der Waals surface area contributed by atoms with Gasteiger partial charge < -0.3 is 9.88 Å². The van der Waals surface area contributed by atoms with Crippen molar-refractivity contribution >= 4 is 21.6 Å². The molecule has 0 radical (unpaired) electrons. The fourth-order valence-electron chi connectivity index (χ4n) is 1.75. The predicted molar refractivity (Wildman–Crippen MR) is 74.6 cm³/mol. The van der Waals surface area contributed by atoms with E-state index in [0.29, 0.717) is 0 Å². The van der Waals surface area contributed by atoms with Crippen LogP contribution in [0.25, 0.3) is 0 Å². The lowest BCUT2D eigenvalue weighted by Crippen LogP contribution is -2.08. The van der Waals surface area contributed by atoms with E-state index in [1.807, 2.05) is 21.0 Å². The number of nitrogens with one attached hydrogen (secondary N) is 1. The van der Waals surface area contributed by atoms with Gasteiger partial charge in [0.05, 0.1) is 5.69 Å². The Hall–Kier alpha value is -1.29. The number of hydrogen-bond donors (Lipinski definition) is 1. The van der Waals surface area contributed by atoms with Gasteiger partial charge in [0.1, 0.15) is 10.4 Å². The third kappa shape index (κ3) is 2.88. The maximum atomic E-state index is 4.31. The Balaban J connectivity index is 2.16. The number of benzene rings is 1. The van der Waals surface area contributed by atoms with Crippen molar-refractivity contribution in [2.75, 3.05) is 19.0 Å². The van der Waals surface area contributed by atoms with Crippen LogP contribution >= 0.6 is 15.9 Å². The first-order valence-electron chi connectivity index (χ1n) is 5.53. The first-order chi connectivity index (χ1) is 8.06. The fraction of sp³-hybridized carbons (Fsp3) is 0.308. The highest BCUT2D eigenvalue weighted by Crippen LogP contribution is 2.19. The molecule has 0 unspecified atom stereocenters. The van der Waals surface area contributed by atoms with Gasteiger partial charge in [0.15, 0.2) is 0 Å². The summed E-state index contributed by atoms with van der Waals surface area (Å²) in [5.74, 6) is 0.941. The quantitative estimate of drug-likeness (QED) is 0.943. The highest BCUT2D eigenvalue weighted by atomic mass is 79.9. The van der Waals surface area contributed by atoms with Crippen molar-refractivity contribution in [1.82, 2.24) is 9.97 Å². The maximum Gasteiger partial charge on any atom is 0.127 e. The summed E-state index contributed by atoms with van der Waals surface area (Å²) in [5.41, 5.74) is 3.62. The highest BCUT2D eigenvalue weighted by Gasteiger charge is 2.06. The molecule has 1 heterocycles. The zero-order valence-corrected chi connectivity index (χ0v) is 11.9. The van der Waals surface area contributed by atoms with Crippen LogP contribution in [0.2, 0.25) is 0 Å². The molecule has 2 rings (SSSR count). The number of aromatic nitrogens is 2. The summed E-state index contributed by atoms with van der Waals surface area (Å²) in [4.78, 5) is 9.66. The van der Waals surface area contributed by atoms with Gasteiger partial charge in [-0.25, -0.2) is 4.98 Å². The molecule has 4 heteroatoms. The molecule has 0 aliphatic carbocycles. The molecule has 0 atom stereocenters. The molecular formula is C13H16BrN3. The highest BCUT2D eigenvalue weighted by molar-refractivity contribution is 9.10. The number of halogens is 1. The molecule has 0 saturated carbocycles. The number of anilines is 1. The summed E-state index contributed by atoms with van der Waals surface area (Å²) in [6, 6.07) is 8.56. The minimum Gasteiger partial charge on any atom is -0.378 e. The fourth-order valence-corrected chi connectivity index (χ4v) is 2.25. The average molecular weight is 294 g/mol. The van der Waals surface area contributed by atoms with Gasteiger partial charge >= 0.3 is 0 Å². The Morgan fingerprint density at radius 2 is 1.88 bits per heavy atom. The topological polar surface area (TPSA) is 31.9 Å². The van der Waals surface area contributed by atoms with Crippen molar-refractivity contribution in [2.45, 2.75) is 13.3 Å². The molecule has 0 amide bonds. The van der Waals surface area contributed by atoms with Gasteiger partial charge in [0.25, 0.3) is 0 Å². The van der Waals surface area contributed by atoms with E-state index in [1.54, 1.807) is 0 Å². The van der Waals surface area contributed by atoms with Crippen LogP contribution in [0.15, 0.2) is 28.9 Å². The molecule has 0 spiro atoms. The summed E-state index contributed by atoms with van der Waals surface area (Å²) in [5, 5.41) is 0. The van der Waals surface area contributed by atoms with E-state index in [9.17, 15) is 0 Å². The molecule has 0 saturated heterocycles. The van der Waals surface area contributed by atoms with Crippen molar-refractivity contribution < 1.29 is 0 Å². The minimum absolute atomic E-state index is 0.870. The molecule has 0 bridgehead atoms. The number of aromatic amines is 1. The lowest BCUT2D eigenvalue weighted by molar-refractivity contribution is 1.06. The van der Waals surface area contributed by atoms with Gasteiger partial charge in [-0.05, 0) is 40.5 Å². The van der Waals surface area contributed by atoms with Crippen molar-refractivity contribution in [3.8, 4) is 0 Å². The first-order valence-corrected chi connectivity index (χ1v) is 6.33. The van der Waals surface area contributed by atoms with Crippen molar-refractivity contribution in [1.29, 1.82) is 0 Å². The molecule has 17 heavy (non-hydrogen) atoms. The van der Waals surface area contributed by atoms with Gasteiger partial charge in [-0.2, -0.15) is 0 Å². The second-order valence-electron chi connectivity index (χ2n) is 4.33. The second-order valence-corrected chi connectivity index (χ2v) is 5.08. The Labute approximate surface area is 110 Å². The molecule has 3 nitrogen and oxygen atoms in total. The summed E-state index contributed by atoms with van der Waals surface area (Å²) in [7, 11) is 4.09. The lowest BCUT2D eigenvalue weighted by Gasteiger charge is -2.12. The normalized spacial score (nSPS) is 10.6. The largest absolute Gasteiger partial charge is 0.378 e. The zero-order valence-electron chi connectivity index (χ0n) is 10.3. The number of H-pyrrole nitrogens is 1. The number of nitrogens with zero attached hydrogens (tertiary/aromatic N) is 2. The third-order valence-electron chi connectivity index (χ3n) is 2.68. The van der Waals surface area contributed by atoms with Gasteiger partial charge in [-0.15, -0.1) is 0 Å². The Morgan fingerprint density at radius 3 is 2.35 bits per heavy atom. The molecule has 1 N–H and O–H groups in total. The van der Waals surface area contributed by atoms with E-state index >= 15 is 0 Å². The third-order valence-corrected chi connectivity index (χ3v) is 3.34. The van der Waals surface area contributed by atoms with Crippen molar-refractivity contribution in [3.05, 3.63) is 46.0 Å². The van der Waals surface area contributed by atoms with E-state index in [2.05, 4.69) is 55.1 Å². The predicted octanol–water partition coefficient (Wildman–Crippen LogP) is 3.14. The van der Waals surface area contributed by atoms with Crippen LogP contribution in [0, 0.1) is 6.92 Å². The summed E-state index contributed by atoms with van der Waals surface area (Å²) < 4.78 is 0.909. The molecule has 2 aromatic rings. The number of rotatable bonds is 3. The van der Waals surface area contributed by atoms with Crippen LogP contribution in [0.5, 0.6) is 0 Å². The molecule has 1 aromatic heterocycles. The molecular weight excluding hydrogens is 278 g/mol. The SMILES string of the molecule is Cc1nc(Br)c(Cc2ccc(N(C)C)cc2)[nH]1. The van der Waals surface area contributed by atoms with Gasteiger partial charge in [-0.1, -0.05) is 12.1 Å². The summed E-state index contributed by atoms with van der Waals surface area (Å²) in [6.07, 6.45) is 0.870. The van der Waals surface area contributed by atoms with Crippen LogP contribution < -0.4 is 4.90 Å². The van der Waals surface area contributed by atoms with E-state index < -0.39 is 0 Å². The number of imidazole rings is 1. The smallest absolute Gasteiger partial charge is 0.127 e. The van der Waals surface area contributed by atoms with Crippen LogP contribution in [0.4, 0.5) is 5.69 Å². The summed E-state index contributed by atoms with van der Waals surface area (Å²) in [6.45, 7) is 1.96. The molecule has 0 fully saturated rings. The van der Waals surface area contributed by atoms with Gasteiger partial charge in [0, 0.05) is 26.2 Å². The number of hydrogen-bond acceptors (Lipinski definition) is 2. The van der Waals surface area contributed by atoms with Gasteiger partial charge in [-0.3, -0.25) is 0 Å². The zero-order chi connectivity index (χ0) is 12.4.